The van der Waals surface area contributed by atoms with Crippen molar-refractivity contribution in [3.05, 3.63) is 22.3 Å². The third-order valence-corrected chi connectivity index (χ3v) is 6.61. The maximum absolute atomic E-state index is 12.2. The molecule has 3 heteroatoms. The van der Waals surface area contributed by atoms with Crippen LogP contribution in [0.5, 0.6) is 0 Å². The van der Waals surface area contributed by atoms with Gasteiger partial charge in [0.2, 0.25) is 5.91 Å². The van der Waals surface area contributed by atoms with E-state index in [1.165, 1.54) is 107 Å². The Morgan fingerprint density at radius 1 is 0.774 bits per heavy atom. The summed E-state index contributed by atoms with van der Waals surface area (Å²) in [5.74, 6) is 0.154. The van der Waals surface area contributed by atoms with E-state index < -0.39 is 0 Å². The largest absolute Gasteiger partial charge is 0.361 e. The molecule has 2 N–H and O–H groups in total. The van der Waals surface area contributed by atoms with Crippen molar-refractivity contribution in [1.29, 1.82) is 0 Å². The first kappa shape index (κ1) is 25.7. The normalized spacial score (nSPS) is 12.8. The van der Waals surface area contributed by atoms with Crippen molar-refractivity contribution in [3.8, 4) is 0 Å². The van der Waals surface area contributed by atoms with Gasteiger partial charge in [0.15, 0.2) is 0 Å². The Labute approximate surface area is 191 Å². The molecule has 176 valence electrons. The summed E-state index contributed by atoms with van der Waals surface area (Å²) in [6, 6.07) is 0. The number of fused-ring (bicyclic) bond motifs is 1. The molecule has 3 nitrogen and oxygen atoms in total. The van der Waals surface area contributed by atoms with Crippen LogP contribution in [0.3, 0.4) is 0 Å². The predicted octanol–water partition coefficient (Wildman–Crippen LogP) is 6.29. The molecule has 0 aromatic carbocycles. The van der Waals surface area contributed by atoms with Gasteiger partial charge in [-0.1, -0.05) is 115 Å². The van der Waals surface area contributed by atoms with E-state index in [1.807, 2.05) is 6.20 Å². The number of nitrogens with one attached hydrogen (secondary N) is 2. The number of hydrogen-bond acceptors (Lipinski definition) is 1. The topological polar surface area (TPSA) is 44.9 Å². The van der Waals surface area contributed by atoms with Crippen LogP contribution in [0.2, 0.25) is 0 Å². The summed E-state index contributed by atoms with van der Waals surface area (Å²) in [5.41, 5.74) is 1.13. The molecule has 0 spiro atoms. The third-order valence-electron chi connectivity index (χ3n) is 6.61. The summed E-state index contributed by atoms with van der Waals surface area (Å²) < 4.78 is 0. The van der Waals surface area contributed by atoms with Gasteiger partial charge in [0.1, 0.15) is 0 Å². The quantitative estimate of drug-likeness (QED) is 0.250. The lowest BCUT2D eigenvalue weighted by Gasteiger charge is -2.06. The monoisotopic (exact) mass is 428 g/mol. The van der Waals surface area contributed by atoms with Crippen molar-refractivity contribution in [3.63, 3.8) is 0 Å². The molecule has 1 aliphatic carbocycles. The van der Waals surface area contributed by atoms with E-state index in [0.717, 1.165) is 31.4 Å². The average Bonchev–Trinajstić information content (AvgIpc) is 3.18. The number of aromatic amines is 1. The lowest BCUT2D eigenvalue weighted by atomic mass is 10.0. The van der Waals surface area contributed by atoms with Crippen LogP contribution >= 0.6 is 0 Å². The SMILES string of the molecule is CCCCCCCCCCCCCCCCCCNC(=O)Cc1c[nH]c2c1=CCCC=2. The summed E-state index contributed by atoms with van der Waals surface area (Å²) in [5, 5.41) is 5.53. The van der Waals surface area contributed by atoms with Gasteiger partial charge in [-0.05, 0) is 30.0 Å². The van der Waals surface area contributed by atoms with Crippen LogP contribution in [0.15, 0.2) is 6.20 Å². The highest BCUT2D eigenvalue weighted by molar-refractivity contribution is 5.78. The molecule has 0 saturated heterocycles. The van der Waals surface area contributed by atoms with E-state index in [0.29, 0.717) is 6.42 Å². The lowest BCUT2D eigenvalue weighted by molar-refractivity contribution is -0.120. The van der Waals surface area contributed by atoms with Crippen LogP contribution in [0, 0.1) is 0 Å². The Hall–Kier alpha value is -1.51. The third kappa shape index (κ3) is 11.6. The number of unbranched alkanes of at least 4 members (excludes halogenated alkanes) is 15. The van der Waals surface area contributed by atoms with Gasteiger partial charge in [0.05, 0.1) is 6.42 Å². The van der Waals surface area contributed by atoms with Gasteiger partial charge in [-0.25, -0.2) is 0 Å². The van der Waals surface area contributed by atoms with E-state index in [2.05, 4.69) is 29.4 Å². The van der Waals surface area contributed by atoms with Crippen molar-refractivity contribution in [2.24, 2.45) is 0 Å². The van der Waals surface area contributed by atoms with Gasteiger partial charge < -0.3 is 10.3 Å². The van der Waals surface area contributed by atoms with Crippen LogP contribution in [0.25, 0.3) is 12.2 Å². The van der Waals surface area contributed by atoms with E-state index in [4.69, 9.17) is 0 Å². The van der Waals surface area contributed by atoms with Crippen LogP contribution < -0.4 is 15.9 Å². The van der Waals surface area contributed by atoms with Gasteiger partial charge in [-0.2, -0.15) is 0 Å². The Kier molecular flexibility index (Phi) is 14.2. The lowest BCUT2D eigenvalue weighted by Crippen LogP contribution is -2.31. The molecule has 0 bridgehead atoms. The van der Waals surface area contributed by atoms with Crippen molar-refractivity contribution < 1.29 is 4.79 Å². The fourth-order valence-electron chi connectivity index (χ4n) is 4.64. The molecule has 0 unspecified atom stereocenters. The molecule has 0 atom stereocenters. The van der Waals surface area contributed by atoms with Gasteiger partial charge in [0.25, 0.3) is 0 Å². The second-order valence-corrected chi connectivity index (χ2v) is 9.46. The Morgan fingerprint density at radius 3 is 1.87 bits per heavy atom. The number of aromatic nitrogens is 1. The highest BCUT2D eigenvalue weighted by Crippen LogP contribution is 2.13. The van der Waals surface area contributed by atoms with E-state index in [-0.39, 0.29) is 5.91 Å². The smallest absolute Gasteiger partial charge is 0.224 e. The van der Waals surface area contributed by atoms with Crippen LogP contribution in [-0.4, -0.2) is 17.4 Å². The maximum Gasteiger partial charge on any atom is 0.224 e. The minimum atomic E-state index is 0.154. The second-order valence-electron chi connectivity index (χ2n) is 9.46. The molecule has 1 aromatic rings. The summed E-state index contributed by atoms with van der Waals surface area (Å²) in [6.45, 7) is 3.11. The van der Waals surface area contributed by atoms with Crippen LogP contribution in [0.1, 0.15) is 128 Å². The summed E-state index contributed by atoms with van der Waals surface area (Å²) in [6.07, 6.45) is 31.2. The molecule has 1 aliphatic rings. The Bertz CT molecular complexity index is 703. The number of H-pyrrole nitrogens is 1. The zero-order chi connectivity index (χ0) is 22.0. The molecular formula is C28H48N2O. The second kappa shape index (κ2) is 17.1. The fraction of sp³-hybridized carbons (Fsp3) is 0.750. The zero-order valence-corrected chi connectivity index (χ0v) is 20.3. The standard InChI is InChI=1S/C28H48N2O/c1-2-3-4-5-6-7-8-9-10-11-12-13-14-15-16-19-22-29-28(31)23-25-24-30-27-21-18-17-20-26(25)27/h20-21,24,30H,2-19,22-23H2,1H3,(H,29,31). The molecule has 31 heavy (non-hydrogen) atoms. The molecular weight excluding hydrogens is 380 g/mol. The van der Waals surface area contributed by atoms with Crippen molar-refractivity contribution in [2.75, 3.05) is 6.54 Å². The van der Waals surface area contributed by atoms with Crippen LogP contribution in [-0.2, 0) is 11.2 Å². The van der Waals surface area contributed by atoms with Crippen molar-refractivity contribution in [1.82, 2.24) is 10.3 Å². The van der Waals surface area contributed by atoms with Gasteiger partial charge in [-0.15, -0.1) is 0 Å². The summed E-state index contributed by atoms with van der Waals surface area (Å²) in [7, 11) is 0. The predicted molar refractivity (Wildman–Crippen MR) is 134 cm³/mol. The molecule has 0 radical (unpaired) electrons. The van der Waals surface area contributed by atoms with E-state index in [1.54, 1.807) is 0 Å². The first-order chi connectivity index (χ1) is 15.3. The summed E-state index contributed by atoms with van der Waals surface area (Å²) in [4.78, 5) is 15.5. The number of carbonyl (C=O) groups excluding carboxylic acids is 1. The van der Waals surface area contributed by atoms with Crippen LogP contribution in [0.4, 0.5) is 0 Å². The van der Waals surface area contributed by atoms with Gasteiger partial charge in [-0.3, -0.25) is 4.79 Å². The maximum atomic E-state index is 12.2. The first-order valence-corrected chi connectivity index (χ1v) is 13.4. The highest BCUT2D eigenvalue weighted by Gasteiger charge is 2.07. The Morgan fingerprint density at radius 2 is 1.29 bits per heavy atom. The molecule has 0 fully saturated rings. The minimum absolute atomic E-state index is 0.154. The van der Waals surface area contributed by atoms with Crippen molar-refractivity contribution in [2.45, 2.75) is 129 Å². The van der Waals surface area contributed by atoms with E-state index in [9.17, 15) is 4.79 Å². The highest BCUT2D eigenvalue weighted by atomic mass is 16.1. The molecule has 0 aliphatic heterocycles. The van der Waals surface area contributed by atoms with Gasteiger partial charge >= 0.3 is 0 Å². The number of rotatable bonds is 19. The molecule has 1 aromatic heterocycles. The molecule has 1 heterocycles. The number of amides is 1. The molecule has 2 rings (SSSR count). The zero-order valence-electron chi connectivity index (χ0n) is 20.3. The van der Waals surface area contributed by atoms with E-state index >= 15 is 0 Å². The summed E-state index contributed by atoms with van der Waals surface area (Å²) >= 11 is 0. The first-order valence-electron chi connectivity index (χ1n) is 13.4. The average molecular weight is 429 g/mol. The molecule has 1 amide bonds. The minimum Gasteiger partial charge on any atom is -0.361 e. The van der Waals surface area contributed by atoms with Crippen molar-refractivity contribution >= 4 is 18.1 Å². The number of hydrogen-bond donors (Lipinski definition) is 2. The molecule has 0 saturated carbocycles. The Balaban J connectivity index is 1.33. The van der Waals surface area contributed by atoms with Gasteiger partial charge in [0, 0.05) is 18.1 Å². The number of carbonyl (C=O) groups is 1. The fourth-order valence-corrected chi connectivity index (χ4v) is 4.64.